The first-order chi connectivity index (χ1) is 14.5. The predicted octanol–water partition coefficient (Wildman–Crippen LogP) is 6.61. The van der Waals surface area contributed by atoms with Gasteiger partial charge in [-0.15, -0.1) is 0 Å². The van der Waals surface area contributed by atoms with Crippen molar-refractivity contribution < 1.29 is 14.6 Å². The van der Waals surface area contributed by atoms with Gasteiger partial charge in [0.2, 0.25) is 0 Å². The first-order valence-electron chi connectivity index (χ1n) is 12.8. The van der Waals surface area contributed by atoms with Crippen LogP contribution >= 0.6 is 0 Å². The molecule has 31 heavy (non-hydrogen) atoms. The smallest absolute Gasteiger partial charge is 0.302 e. The molecule has 0 heterocycles. The van der Waals surface area contributed by atoms with Crippen LogP contribution in [0.1, 0.15) is 99.3 Å². The average molecular weight is 429 g/mol. The minimum Gasteiger partial charge on any atom is -0.466 e. The molecule has 0 aromatic rings. The van der Waals surface area contributed by atoms with E-state index >= 15 is 0 Å². The van der Waals surface area contributed by atoms with Crippen LogP contribution in [0.2, 0.25) is 0 Å². The van der Waals surface area contributed by atoms with Crippen molar-refractivity contribution in [3.8, 4) is 0 Å². The minimum absolute atomic E-state index is 0.00926. The van der Waals surface area contributed by atoms with Crippen LogP contribution in [-0.2, 0) is 9.53 Å². The van der Waals surface area contributed by atoms with Crippen molar-refractivity contribution in [2.24, 2.45) is 34.0 Å². The van der Waals surface area contributed by atoms with E-state index in [-0.39, 0.29) is 22.9 Å². The molecule has 0 aromatic heterocycles. The second kappa shape index (κ2) is 8.04. The van der Waals surface area contributed by atoms with E-state index in [1.165, 1.54) is 39.0 Å². The fourth-order valence-electron chi connectivity index (χ4n) is 8.40. The number of allylic oxidation sites excluding steroid dienone is 4. The molecule has 6 atom stereocenters. The second-order valence-electron chi connectivity index (χ2n) is 12.2. The molecule has 0 bridgehead atoms. The highest BCUT2D eigenvalue weighted by Gasteiger charge is 2.57. The lowest BCUT2D eigenvalue weighted by Gasteiger charge is -2.59. The molecular weight excluding hydrogens is 384 g/mol. The number of rotatable bonds is 5. The number of carbonyl (C=O) groups is 1. The molecule has 174 valence electrons. The van der Waals surface area contributed by atoms with E-state index in [2.05, 4.69) is 40.7 Å². The topological polar surface area (TPSA) is 46.5 Å². The molecule has 3 nitrogen and oxygen atoms in total. The predicted molar refractivity (Wildman–Crippen MR) is 125 cm³/mol. The zero-order valence-electron chi connectivity index (χ0n) is 20.7. The number of esters is 1. The number of hydrogen-bond acceptors (Lipinski definition) is 3. The Kier molecular flexibility index (Phi) is 5.99. The first kappa shape index (κ1) is 23.1. The van der Waals surface area contributed by atoms with Crippen LogP contribution < -0.4 is 0 Å². The van der Waals surface area contributed by atoms with Crippen molar-refractivity contribution in [3.63, 3.8) is 0 Å². The van der Waals surface area contributed by atoms with Crippen LogP contribution in [0, 0.1) is 34.0 Å². The molecule has 0 amide bonds. The Hall–Kier alpha value is -1.09. The van der Waals surface area contributed by atoms with Crippen LogP contribution in [0.3, 0.4) is 0 Å². The van der Waals surface area contributed by atoms with Crippen molar-refractivity contribution in [1.82, 2.24) is 0 Å². The third-order valence-corrected chi connectivity index (χ3v) is 10.2. The largest absolute Gasteiger partial charge is 0.466 e. The fourth-order valence-corrected chi connectivity index (χ4v) is 8.40. The molecule has 0 aromatic carbocycles. The number of carbonyl (C=O) groups excluding carboxylic acids is 1. The van der Waals surface area contributed by atoms with Crippen molar-refractivity contribution >= 4 is 5.97 Å². The third-order valence-electron chi connectivity index (χ3n) is 10.2. The van der Waals surface area contributed by atoms with Gasteiger partial charge in [-0.2, -0.15) is 0 Å². The zero-order valence-corrected chi connectivity index (χ0v) is 20.7. The highest BCUT2D eigenvalue weighted by Crippen LogP contribution is 2.66. The van der Waals surface area contributed by atoms with E-state index in [9.17, 15) is 9.90 Å². The molecule has 4 aliphatic rings. The number of aliphatic hydroxyl groups is 1. The normalized spacial score (nSPS) is 39.8. The molecule has 0 aliphatic heterocycles. The van der Waals surface area contributed by atoms with Crippen LogP contribution in [-0.4, -0.2) is 23.8 Å². The molecule has 4 rings (SSSR count). The SMILES string of the molecule is CC(=O)OCCC[C@@H](C)[C@H]1CC=C2C3=C(CC[C@@]21C)[C@@]1(C)CC[C@H](O)C(C)(C)[C@@H]1CC3. The van der Waals surface area contributed by atoms with Gasteiger partial charge in [0.15, 0.2) is 0 Å². The number of hydrogen-bond donors (Lipinski definition) is 1. The number of ether oxygens (including phenoxy) is 1. The number of fused-ring (bicyclic) bond motifs is 4. The van der Waals surface area contributed by atoms with Crippen molar-refractivity contribution in [3.05, 3.63) is 22.8 Å². The van der Waals surface area contributed by atoms with E-state index in [0.717, 1.165) is 25.7 Å². The van der Waals surface area contributed by atoms with E-state index in [1.54, 1.807) is 16.7 Å². The summed E-state index contributed by atoms with van der Waals surface area (Å²) in [6.45, 7) is 14.1. The molecule has 1 fully saturated rings. The summed E-state index contributed by atoms with van der Waals surface area (Å²) in [6, 6.07) is 0. The van der Waals surface area contributed by atoms with Crippen molar-refractivity contribution in [2.75, 3.05) is 6.61 Å². The summed E-state index contributed by atoms with van der Waals surface area (Å²) in [5.74, 6) is 1.76. The molecule has 1 saturated carbocycles. The zero-order chi connectivity index (χ0) is 22.6. The van der Waals surface area contributed by atoms with Crippen LogP contribution in [0.15, 0.2) is 22.8 Å². The van der Waals surface area contributed by atoms with Gasteiger partial charge in [-0.3, -0.25) is 4.79 Å². The van der Waals surface area contributed by atoms with E-state index < -0.39 is 0 Å². The Balaban J connectivity index is 1.54. The van der Waals surface area contributed by atoms with Crippen LogP contribution in [0.25, 0.3) is 0 Å². The molecule has 1 N–H and O–H groups in total. The highest BCUT2D eigenvalue weighted by atomic mass is 16.5. The molecule has 0 saturated heterocycles. The summed E-state index contributed by atoms with van der Waals surface area (Å²) in [6.07, 6.45) is 12.7. The van der Waals surface area contributed by atoms with E-state index in [1.807, 2.05) is 0 Å². The summed E-state index contributed by atoms with van der Waals surface area (Å²) in [5, 5.41) is 10.7. The Bertz CT molecular complexity index is 790. The Morgan fingerprint density at radius 3 is 2.61 bits per heavy atom. The summed E-state index contributed by atoms with van der Waals surface area (Å²) >= 11 is 0. The monoisotopic (exact) mass is 428 g/mol. The van der Waals surface area contributed by atoms with Gasteiger partial charge in [-0.05, 0) is 103 Å². The quantitative estimate of drug-likeness (QED) is 0.396. The maximum Gasteiger partial charge on any atom is 0.302 e. The summed E-state index contributed by atoms with van der Waals surface area (Å²) in [7, 11) is 0. The van der Waals surface area contributed by atoms with Crippen LogP contribution in [0.4, 0.5) is 0 Å². The van der Waals surface area contributed by atoms with Gasteiger partial charge in [-0.1, -0.05) is 46.3 Å². The van der Waals surface area contributed by atoms with E-state index in [0.29, 0.717) is 29.8 Å². The van der Waals surface area contributed by atoms with Gasteiger partial charge in [0.1, 0.15) is 0 Å². The molecule has 0 unspecified atom stereocenters. The van der Waals surface area contributed by atoms with Gasteiger partial charge in [-0.25, -0.2) is 0 Å². The molecule has 3 heteroatoms. The maximum absolute atomic E-state index is 11.1. The van der Waals surface area contributed by atoms with Gasteiger partial charge >= 0.3 is 5.97 Å². The Morgan fingerprint density at radius 2 is 1.90 bits per heavy atom. The standard InChI is InChI=1S/C28H44O3/c1-18(8-7-17-31-19(2)29)21-10-11-22-20-9-12-24-26(3,4)25(30)14-16-28(24,6)23(20)13-15-27(21,22)5/h11,18,21,24-25,30H,7-10,12-17H2,1-6H3/t18-,21-,24+,25+,27-,28-/m1/s1. The Labute approximate surface area is 189 Å². The first-order valence-corrected chi connectivity index (χ1v) is 12.8. The fraction of sp³-hybridized carbons (Fsp3) is 0.821. The van der Waals surface area contributed by atoms with Gasteiger partial charge in [0.05, 0.1) is 12.7 Å². The van der Waals surface area contributed by atoms with Crippen molar-refractivity contribution in [2.45, 2.75) is 105 Å². The van der Waals surface area contributed by atoms with Gasteiger partial charge in [0.25, 0.3) is 0 Å². The lowest BCUT2D eigenvalue weighted by molar-refractivity contribution is -0.141. The number of aliphatic hydroxyl groups excluding tert-OH is 1. The van der Waals surface area contributed by atoms with Crippen molar-refractivity contribution in [1.29, 1.82) is 0 Å². The summed E-state index contributed by atoms with van der Waals surface area (Å²) < 4.78 is 5.17. The van der Waals surface area contributed by atoms with E-state index in [4.69, 9.17) is 4.74 Å². The summed E-state index contributed by atoms with van der Waals surface area (Å²) in [4.78, 5) is 11.1. The van der Waals surface area contributed by atoms with Gasteiger partial charge in [0, 0.05) is 6.92 Å². The highest BCUT2D eigenvalue weighted by molar-refractivity contribution is 5.65. The lowest BCUT2D eigenvalue weighted by atomic mass is 9.46. The Morgan fingerprint density at radius 1 is 1.16 bits per heavy atom. The van der Waals surface area contributed by atoms with Gasteiger partial charge < -0.3 is 9.84 Å². The molecule has 0 radical (unpaired) electrons. The second-order valence-corrected chi connectivity index (χ2v) is 12.2. The lowest BCUT2D eigenvalue weighted by Crippen LogP contribution is -2.53. The summed E-state index contributed by atoms with van der Waals surface area (Å²) in [5.41, 5.74) is 5.69. The van der Waals surface area contributed by atoms with Crippen LogP contribution in [0.5, 0.6) is 0 Å². The average Bonchev–Trinajstić information content (AvgIpc) is 3.05. The third kappa shape index (κ3) is 3.63. The molecular formula is C28H44O3. The maximum atomic E-state index is 11.1. The molecule has 4 aliphatic carbocycles. The molecule has 0 spiro atoms. The minimum atomic E-state index is -0.168.